The Morgan fingerprint density at radius 2 is 1.90 bits per heavy atom. The largest absolute Gasteiger partial charge is 0.341 e. The van der Waals surface area contributed by atoms with Crippen molar-refractivity contribution in [3.8, 4) is 0 Å². The molecule has 5 nitrogen and oxygen atoms in total. The molecule has 0 aromatic heterocycles. The van der Waals surface area contributed by atoms with Crippen molar-refractivity contribution in [2.24, 2.45) is 5.92 Å². The average molecular weight is 281 g/mol. The lowest BCUT2D eigenvalue weighted by atomic mass is 9.93. The molecule has 2 amide bonds. The lowest BCUT2D eigenvalue weighted by Gasteiger charge is -2.30. The highest BCUT2D eigenvalue weighted by atomic mass is 16.2. The predicted molar refractivity (Wildman–Crippen MR) is 78.3 cm³/mol. The summed E-state index contributed by atoms with van der Waals surface area (Å²) in [6.45, 7) is 6.70. The Labute approximate surface area is 121 Å². The Morgan fingerprint density at radius 1 is 1.20 bits per heavy atom. The summed E-state index contributed by atoms with van der Waals surface area (Å²) in [5.41, 5.74) is 0. The van der Waals surface area contributed by atoms with Crippen LogP contribution in [0.2, 0.25) is 0 Å². The molecule has 0 bridgehead atoms. The van der Waals surface area contributed by atoms with Crippen LogP contribution in [-0.4, -0.2) is 72.8 Å². The van der Waals surface area contributed by atoms with E-state index in [1.165, 1.54) is 0 Å². The predicted octanol–water partition coefficient (Wildman–Crippen LogP) is 0.799. The minimum Gasteiger partial charge on any atom is -0.341 e. The van der Waals surface area contributed by atoms with Gasteiger partial charge in [0.1, 0.15) is 0 Å². The molecule has 2 heterocycles. The van der Waals surface area contributed by atoms with E-state index >= 15 is 0 Å². The first-order valence-electron chi connectivity index (χ1n) is 7.84. The third-order valence-corrected chi connectivity index (χ3v) is 4.57. The molecule has 0 N–H and O–H groups in total. The van der Waals surface area contributed by atoms with Gasteiger partial charge in [-0.1, -0.05) is 0 Å². The van der Waals surface area contributed by atoms with E-state index in [1.54, 1.807) is 4.90 Å². The number of rotatable bonds is 3. The van der Waals surface area contributed by atoms with Crippen LogP contribution in [0.4, 0.5) is 0 Å². The number of likely N-dealkylation sites (tertiary alicyclic amines) is 1. The summed E-state index contributed by atoms with van der Waals surface area (Å²) in [4.78, 5) is 30.3. The van der Waals surface area contributed by atoms with Crippen LogP contribution in [0.1, 0.15) is 32.6 Å². The highest BCUT2D eigenvalue weighted by Crippen LogP contribution is 2.21. The number of piperidine rings is 1. The normalized spacial score (nSPS) is 23.0. The second-order valence-electron chi connectivity index (χ2n) is 6.09. The summed E-state index contributed by atoms with van der Waals surface area (Å²) in [5.74, 6) is 0.770. The standard InChI is InChI=1S/C15H27N3O2/c1-3-17-7-4-8-18(12-15(17)20)14(19)11-13-5-9-16(2)10-6-13/h13H,3-12H2,1-2H3. The molecule has 114 valence electrons. The zero-order valence-corrected chi connectivity index (χ0v) is 12.8. The molecule has 2 fully saturated rings. The number of carbonyl (C=O) groups is 2. The molecule has 2 saturated heterocycles. The molecule has 0 aromatic carbocycles. The van der Waals surface area contributed by atoms with Gasteiger partial charge in [-0.2, -0.15) is 0 Å². The number of carbonyl (C=O) groups excluding carboxylic acids is 2. The fourth-order valence-corrected chi connectivity index (χ4v) is 3.11. The topological polar surface area (TPSA) is 43.9 Å². The molecule has 0 atom stereocenters. The van der Waals surface area contributed by atoms with Crippen LogP contribution in [0, 0.1) is 5.92 Å². The molecule has 0 spiro atoms. The van der Waals surface area contributed by atoms with E-state index in [0.29, 0.717) is 12.3 Å². The summed E-state index contributed by atoms with van der Waals surface area (Å²) < 4.78 is 0. The van der Waals surface area contributed by atoms with E-state index in [2.05, 4.69) is 11.9 Å². The van der Waals surface area contributed by atoms with Gasteiger partial charge in [-0.25, -0.2) is 0 Å². The van der Waals surface area contributed by atoms with Crippen LogP contribution >= 0.6 is 0 Å². The first kappa shape index (κ1) is 15.3. The van der Waals surface area contributed by atoms with Gasteiger partial charge < -0.3 is 14.7 Å². The van der Waals surface area contributed by atoms with Crippen molar-refractivity contribution in [1.29, 1.82) is 0 Å². The second kappa shape index (κ2) is 7.07. The molecule has 20 heavy (non-hydrogen) atoms. The second-order valence-corrected chi connectivity index (χ2v) is 6.09. The molecule has 0 aliphatic carbocycles. The molecule has 0 saturated carbocycles. The van der Waals surface area contributed by atoms with E-state index in [0.717, 1.165) is 52.0 Å². The Kier molecular flexibility index (Phi) is 5.40. The molecule has 2 aliphatic rings. The van der Waals surface area contributed by atoms with Gasteiger partial charge >= 0.3 is 0 Å². The van der Waals surface area contributed by atoms with Gasteiger partial charge in [0.15, 0.2) is 0 Å². The number of amides is 2. The summed E-state index contributed by atoms with van der Waals surface area (Å²) >= 11 is 0. The Bertz CT molecular complexity index is 351. The third kappa shape index (κ3) is 3.95. The van der Waals surface area contributed by atoms with Crippen molar-refractivity contribution in [2.75, 3.05) is 46.3 Å². The van der Waals surface area contributed by atoms with Crippen LogP contribution in [-0.2, 0) is 9.59 Å². The van der Waals surface area contributed by atoms with Crippen LogP contribution in [0.3, 0.4) is 0 Å². The molecule has 2 aliphatic heterocycles. The van der Waals surface area contributed by atoms with Crippen LogP contribution < -0.4 is 0 Å². The van der Waals surface area contributed by atoms with E-state index in [-0.39, 0.29) is 18.4 Å². The third-order valence-electron chi connectivity index (χ3n) is 4.57. The van der Waals surface area contributed by atoms with Crippen molar-refractivity contribution < 1.29 is 9.59 Å². The molecule has 2 rings (SSSR count). The first-order chi connectivity index (χ1) is 9.60. The molecule has 0 unspecified atom stereocenters. The van der Waals surface area contributed by atoms with Crippen molar-refractivity contribution in [2.45, 2.75) is 32.6 Å². The van der Waals surface area contributed by atoms with Gasteiger partial charge in [-0.05, 0) is 52.2 Å². The zero-order valence-electron chi connectivity index (χ0n) is 12.8. The maximum absolute atomic E-state index is 12.4. The summed E-state index contributed by atoms with van der Waals surface area (Å²) in [5, 5.41) is 0. The summed E-state index contributed by atoms with van der Waals surface area (Å²) in [7, 11) is 2.13. The molecule has 0 aromatic rings. The maximum Gasteiger partial charge on any atom is 0.242 e. The summed E-state index contributed by atoms with van der Waals surface area (Å²) in [6.07, 6.45) is 3.72. The fraction of sp³-hybridized carbons (Fsp3) is 0.867. The van der Waals surface area contributed by atoms with Gasteiger partial charge in [0.25, 0.3) is 0 Å². The SMILES string of the molecule is CCN1CCCN(C(=O)CC2CCN(C)CC2)CC1=O. The zero-order chi connectivity index (χ0) is 14.5. The molecule has 0 radical (unpaired) electrons. The monoisotopic (exact) mass is 281 g/mol. The fourth-order valence-electron chi connectivity index (χ4n) is 3.11. The van der Waals surface area contributed by atoms with E-state index in [9.17, 15) is 9.59 Å². The number of hydrogen-bond donors (Lipinski definition) is 0. The van der Waals surface area contributed by atoms with Crippen molar-refractivity contribution in [3.05, 3.63) is 0 Å². The first-order valence-corrected chi connectivity index (χ1v) is 7.84. The quantitative estimate of drug-likeness (QED) is 0.768. The smallest absolute Gasteiger partial charge is 0.242 e. The molecular weight excluding hydrogens is 254 g/mol. The maximum atomic E-state index is 12.4. The van der Waals surface area contributed by atoms with Gasteiger partial charge in [0.2, 0.25) is 11.8 Å². The summed E-state index contributed by atoms with van der Waals surface area (Å²) in [6, 6.07) is 0. The highest BCUT2D eigenvalue weighted by molar-refractivity contribution is 5.85. The molecule has 5 heteroatoms. The molecular formula is C15H27N3O2. The van der Waals surface area contributed by atoms with E-state index < -0.39 is 0 Å². The van der Waals surface area contributed by atoms with Gasteiger partial charge in [0.05, 0.1) is 6.54 Å². The lowest BCUT2D eigenvalue weighted by molar-refractivity contribution is -0.139. The number of likely N-dealkylation sites (N-methyl/N-ethyl adjacent to an activating group) is 1. The average Bonchev–Trinajstić information content (AvgIpc) is 2.63. The van der Waals surface area contributed by atoms with Gasteiger partial charge in [-0.3, -0.25) is 9.59 Å². The van der Waals surface area contributed by atoms with Crippen LogP contribution in [0.25, 0.3) is 0 Å². The van der Waals surface area contributed by atoms with Crippen LogP contribution in [0.15, 0.2) is 0 Å². The van der Waals surface area contributed by atoms with Gasteiger partial charge in [0, 0.05) is 26.1 Å². The Hall–Kier alpha value is -1.10. The lowest BCUT2D eigenvalue weighted by Crippen LogP contribution is -2.40. The number of hydrogen-bond acceptors (Lipinski definition) is 3. The van der Waals surface area contributed by atoms with E-state index in [1.807, 2.05) is 11.8 Å². The van der Waals surface area contributed by atoms with Crippen LogP contribution in [0.5, 0.6) is 0 Å². The van der Waals surface area contributed by atoms with E-state index in [4.69, 9.17) is 0 Å². The Morgan fingerprint density at radius 3 is 2.55 bits per heavy atom. The van der Waals surface area contributed by atoms with Gasteiger partial charge in [-0.15, -0.1) is 0 Å². The minimum atomic E-state index is 0.0988. The van der Waals surface area contributed by atoms with Crippen molar-refractivity contribution in [1.82, 2.24) is 14.7 Å². The number of nitrogens with zero attached hydrogens (tertiary/aromatic N) is 3. The Balaban J connectivity index is 1.84. The minimum absolute atomic E-state index is 0.0988. The van der Waals surface area contributed by atoms with Crippen molar-refractivity contribution in [3.63, 3.8) is 0 Å². The van der Waals surface area contributed by atoms with Crippen molar-refractivity contribution >= 4 is 11.8 Å². The highest BCUT2D eigenvalue weighted by Gasteiger charge is 2.26.